The summed E-state index contributed by atoms with van der Waals surface area (Å²) in [6, 6.07) is 6.03. The number of ether oxygens (including phenoxy) is 2. The van der Waals surface area contributed by atoms with E-state index >= 15 is 0 Å². The van der Waals surface area contributed by atoms with E-state index in [0.29, 0.717) is 18.7 Å². The van der Waals surface area contributed by atoms with Crippen LogP contribution in [0, 0.1) is 0 Å². The molecule has 23 heavy (non-hydrogen) atoms. The van der Waals surface area contributed by atoms with Crippen molar-refractivity contribution in [2.75, 3.05) is 26.5 Å². The molecule has 0 aliphatic heterocycles. The first-order chi connectivity index (χ1) is 10.7. The fourth-order valence-electron chi connectivity index (χ4n) is 1.74. The lowest BCUT2D eigenvalue weighted by molar-refractivity contribution is -0.129. The molecule has 1 rings (SSSR count). The summed E-state index contributed by atoms with van der Waals surface area (Å²) in [5.41, 5.74) is 0.827. The number of carbonyl (C=O) groups excluding carboxylic acids is 2. The highest BCUT2D eigenvalue weighted by atomic mass is 32.2. The Kier molecular flexibility index (Phi) is 7.18. The monoisotopic (exact) mass is 343 g/mol. The minimum atomic E-state index is -3.13. The number of hydrogen-bond acceptors (Lipinski definition) is 6. The first-order valence-electron chi connectivity index (χ1n) is 6.97. The van der Waals surface area contributed by atoms with E-state index in [2.05, 4.69) is 5.32 Å². The Balaban J connectivity index is 2.59. The maximum atomic E-state index is 11.9. The topological polar surface area (TPSA) is 98.8 Å². The number of sulfone groups is 1. The van der Waals surface area contributed by atoms with Crippen LogP contribution in [0.25, 0.3) is 0 Å². The smallest absolute Gasteiger partial charge is 0.338 e. The zero-order valence-electron chi connectivity index (χ0n) is 13.4. The van der Waals surface area contributed by atoms with Gasteiger partial charge in [0, 0.05) is 19.9 Å². The van der Waals surface area contributed by atoms with Crippen LogP contribution in [0.1, 0.15) is 22.8 Å². The molecule has 1 atom stereocenters. The summed E-state index contributed by atoms with van der Waals surface area (Å²) in [6.07, 6.45) is 0.203. The summed E-state index contributed by atoms with van der Waals surface area (Å²) >= 11 is 0. The Morgan fingerprint density at radius 3 is 2.35 bits per heavy atom. The van der Waals surface area contributed by atoms with Gasteiger partial charge >= 0.3 is 5.97 Å². The lowest BCUT2D eigenvalue weighted by Gasteiger charge is -2.13. The lowest BCUT2D eigenvalue weighted by atomic mass is 10.1. The molecule has 0 aliphatic rings. The van der Waals surface area contributed by atoms with Crippen LogP contribution in [0.5, 0.6) is 0 Å². The van der Waals surface area contributed by atoms with Crippen LogP contribution in [0.15, 0.2) is 24.3 Å². The highest BCUT2D eigenvalue weighted by Gasteiger charge is 2.18. The van der Waals surface area contributed by atoms with Crippen molar-refractivity contribution in [3.05, 3.63) is 35.4 Å². The Bertz CT molecular complexity index is 638. The van der Waals surface area contributed by atoms with Gasteiger partial charge in [0.1, 0.15) is 0 Å². The van der Waals surface area contributed by atoms with Crippen molar-refractivity contribution in [2.24, 2.45) is 0 Å². The van der Waals surface area contributed by atoms with Crippen molar-refractivity contribution in [1.29, 1.82) is 0 Å². The second kappa shape index (κ2) is 8.64. The normalized spacial score (nSPS) is 12.5. The van der Waals surface area contributed by atoms with Crippen LogP contribution in [0.2, 0.25) is 0 Å². The van der Waals surface area contributed by atoms with E-state index in [9.17, 15) is 18.0 Å². The van der Waals surface area contributed by atoms with Crippen LogP contribution in [-0.2, 0) is 29.9 Å². The largest absolute Gasteiger partial charge is 0.449 e. The molecule has 0 aromatic heterocycles. The molecule has 1 aromatic carbocycles. The van der Waals surface area contributed by atoms with Crippen molar-refractivity contribution in [3.8, 4) is 0 Å². The van der Waals surface area contributed by atoms with Gasteiger partial charge in [-0.15, -0.1) is 0 Å². The molecule has 8 heteroatoms. The van der Waals surface area contributed by atoms with Crippen LogP contribution in [-0.4, -0.2) is 52.9 Å². The van der Waals surface area contributed by atoms with Crippen LogP contribution in [0.4, 0.5) is 0 Å². The van der Waals surface area contributed by atoms with Crippen molar-refractivity contribution < 1.29 is 27.5 Å². The highest BCUT2D eigenvalue weighted by molar-refractivity contribution is 7.89. The predicted molar refractivity (Wildman–Crippen MR) is 84.8 cm³/mol. The number of esters is 1. The molecule has 0 fully saturated rings. The van der Waals surface area contributed by atoms with Gasteiger partial charge in [-0.1, -0.05) is 12.1 Å². The zero-order chi connectivity index (χ0) is 17.5. The summed E-state index contributed by atoms with van der Waals surface area (Å²) in [5, 5.41) is 2.57. The molecule has 1 amide bonds. The molecule has 0 heterocycles. The van der Waals surface area contributed by atoms with E-state index in [4.69, 9.17) is 9.47 Å². The summed E-state index contributed by atoms with van der Waals surface area (Å²) in [7, 11) is -1.61. The Morgan fingerprint density at radius 2 is 1.83 bits per heavy atom. The average molecular weight is 343 g/mol. The molecule has 0 radical (unpaired) electrons. The minimum Gasteiger partial charge on any atom is -0.449 e. The van der Waals surface area contributed by atoms with Crippen molar-refractivity contribution in [2.45, 2.75) is 18.8 Å². The molecule has 7 nitrogen and oxygen atoms in total. The summed E-state index contributed by atoms with van der Waals surface area (Å²) in [4.78, 5) is 23.6. The van der Waals surface area contributed by atoms with Gasteiger partial charge < -0.3 is 14.8 Å². The lowest BCUT2D eigenvalue weighted by Crippen LogP contribution is -2.37. The molecule has 1 aromatic rings. The fourth-order valence-corrected chi connectivity index (χ4v) is 2.54. The first-order valence-corrected chi connectivity index (χ1v) is 9.03. The quantitative estimate of drug-likeness (QED) is 0.546. The SMILES string of the molecule is COCCNC(=O)[C@@H](C)OC(=O)c1ccc(CS(C)(=O)=O)cc1. The van der Waals surface area contributed by atoms with Gasteiger partial charge in [0.15, 0.2) is 15.9 Å². The predicted octanol–water partition coefficient (Wildman–Crippen LogP) is 0.539. The standard InChI is InChI=1S/C15H21NO6S/c1-11(14(17)16-8-9-21-2)22-15(18)13-6-4-12(5-7-13)10-23(3,19)20/h4-7,11H,8-10H2,1-3H3,(H,16,17)/t11-/m1/s1. The Morgan fingerprint density at radius 1 is 1.22 bits per heavy atom. The van der Waals surface area contributed by atoms with Gasteiger partial charge in [-0.05, 0) is 24.6 Å². The molecule has 0 saturated heterocycles. The third kappa shape index (κ3) is 7.25. The van der Waals surface area contributed by atoms with E-state index < -0.39 is 27.8 Å². The van der Waals surface area contributed by atoms with Gasteiger partial charge in [0.2, 0.25) is 0 Å². The second-order valence-electron chi connectivity index (χ2n) is 5.10. The number of benzene rings is 1. The molecule has 0 bridgehead atoms. The van der Waals surface area contributed by atoms with E-state index in [1.54, 1.807) is 12.1 Å². The summed E-state index contributed by atoms with van der Waals surface area (Å²) < 4.78 is 32.3. The number of carbonyl (C=O) groups is 2. The summed E-state index contributed by atoms with van der Waals surface area (Å²) in [5.74, 6) is -1.16. The van der Waals surface area contributed by atoms with E-state index in [1.165, 1.54) is 26.2 Å². The minimum absolute atomic E-state index is 0.0966. The van der Waals surface area contributed by atoms with Gasteiger partial charge in [-0.25, -0.2) is 13.2 Å². The number of nitrogens with one attached hydrogen (secondary N) is 1. The fraction of sp³-hybridized carbons (Fsp3) is 0.467. The van der Waals surface area contributed by atoms with Crippen molar-refractivity contribution >= 4 is 21.7 Å². The Hall–Kier alpha value is -1.93. The van der Waals surface area contributed by atoms with Gasteiger partial charge in [-0.3, -0.25) is 4.79 Å². The van der Waals surface area contributed by atoms with Crippen LogP contribution >= 0.6 is 0 Å². The number of methoxy groups -OCH3 is 1. The molecule has 0 saturated carbocycles. The highest BCUT2D eigenvalue weighted by Crippen LogP contribution is 2.10. The van der Waals surface area contributed by atoms with E-state index in [-0.39, 0.29) is 11.3 Å². The van der Waals surface area contributed by atoms with Crippen molar-refractivity contribution in [3.63, 3.8) is 0 Å². The van der Waals surface area contributed by atoms with E-state index in [0.717, 1.165) is 6.26 Å². The third-order valence-electron chi connectivity index (χ3n) is 2.88. The summed E-state index contributed by atoms with van der Waals surface area (Å²) in [6.45, 7) is 2.17. The molecular formula is C15H21NO6S. The maximum Gasteiger partial charge on any atom is 0.338 e. The maximum absolute atomic E-state index is 11.9. The third-order valence-corrected chi connectivity index (χ3v) is 3.73. The number of rotatable bonds is 8. The van der Waals surface area contributed by atoms with E-state index in [1.807, 2.05) is 0 Å². The molecule has 0 aliphatic carbocycles. The first kappa shape index (κ1) is 19.1. The molecule has 0 unspecified atom stereocenters. The number of hydrogen-bond donors (Lipinski definition) is 1. The zero-order valence-corrected chi connectivity index (χ0v) is 14.2. The molecule has 1 N–H and O–H groups in total. The van der Waals surface area contributed by atoms with Gasteiger partial charge in [0.25, 0.3) is 5.91 Å². The van der Waals surface area contributed by atoms with Crippen LogP contribution in [0.3, 0.4) is 0 Å². The van der Waals surface area contributed by atoms with Crippen LogP contribution < -0.4 is 5.32 Å². The van der Waals surface area contributed by atoms with Crippen molar-refractivity contribution in [1.82, 2.24) is 5.32 Å². The molecule has 128 valence electrons. The number of amides is 1. The molecular weight excluding hydrogens is 322 g/mol. The van der Waals surface area contributed by atoms with Gasteiger partial charge in [-0.2, -0.15) is 0 Å². The Labute approximate surface area is 135 Å². The average Bonchev–Trinajstić information content (AvgIpc) is 2.46. The molecule has 0 spiro atoms. The van der Waals surface area contributed by atoms with Gasteiger partial charge in [0.05, 0.1) is 17.9 Å². The second-order valence-corrected chi connectivity index (χ2v) is 7.24.